The molecule has 0 unspecified atom stereocenters. The largest absolute Gasteiger partial charge is 0.492 e. The van der Waals surface area contributed by atoms with E-state index in [0.717, 1.165) is 12.8 Å². The molecular weight excluding hydrogens is 404 g/mol. The van der Waals surface area contributed by atoms with E-state index >= 15 is 0 Å². The zero-order valence-corrected chi connectivity index (χ0v) is 16.2. The van der Waals surface area contributed by atoms with Crippen LogP contribution in [0.3, 0.4) is 0 Å². The molecule has 0 aliphatic heterocycles. The monoisotopic (exact) mass is 430 g/mol. The number of ether oxygens (including phenoxy) is 1. The molecule has 6 nitrogen and oxygen atoms in total. The number of rotatable bonds is 5. The van der Waals surface area contributed by atoms with Crippen LogP contribution in [0.25, 0.3) is 17.2 Å². The summed E-state index contributed by atoms with van der Waals surface area (Å²) in [5.74, 6) is 0.421. The van der Waals surface area contributed by atoms with Gasteiger partial charge in [-0.3, -0.25) is 4.57 Å². The Kier molecular flexibility index (Phi) is 5.22. The topological polar surface area (TPSA) is 78.9 Å². The molecule has 3 aromatic rings. The van der Waals surface area contributed by atoms with E-state index < -0.39 is 19.2 Å². The molecule has 1 saturated carbocycles. The van der Waals surface area contributed by atoms with Crippen molar-refractivity contribution < 1.29 is 16.0 Å². The first-order chi connectivity index (χ1) is 14.6. The second kappa shape index (κ2) is 9.32. The summed E-state index contributed by atoms with van der Waals surface area (Å²) in [4.78, 5) is 4.22. The predicted molar refractivity (Wildman–Crippen MR) is 110 cm³/mol. The number of para-hydroxylation sites is 1. The van der Waals surface area contributed by atoms with Gasteiger partial charge >= 0.3 is 0 Å². The fraction of sp³-hybridized carbons (Fsp3) is 0.316. The predicted octanol–water partition coefficient (Wildman–Crippen LogP) is 3.92. The molecule has 28 heavy (non-hydrogen) atoms. The van der Waals surface area contributed by atoms with Crippen LogP contribution in [0.1, 0.15) is 38.3 Å². The summed E-state index contributed by atoms with van der Waals surface area (Å²) in [7, 11) is 0. The van der Waals surface area contributed by atoms with Crippen LogP contribution < -0.4 is 10.5 Å². The lowest BCUT2D eigenvalue weighted by atomic mass is 9.80. The van der Waals surface area contributed by atoms with Crippen LogP contribution in [0.4, 0.5) is 4.39 Å². The molecule has 2 heterocycles. The summed E-state index contributed by atoms with van der Waals surface area (Å²) >= 11 is 0. The van der Waals surface area contributed by atoms with Gasteiger partial charge in [0.1, 0.15) is 23.1 Å². The average molecular weight is 431 g/mol. The van der Waals surface area contributed by atoms with E-state index in [4.69, 9.17) is 17.3 Å². The van der Waals surface area contributed by atoms with Gasteiger partial charge in [-0.25, -0.2) is 9.37 Å². The quantitative estimate of drug-likeness (QED) is 0.663. The highest BCUT2D eigenvalue weighted by Gasteiger charge is 2.33. The first-order valence-electron chi connectivity index (χ1n) is 10.7. The smallest absolute Gasteiger partial charge is 0.187 e. The summed E-state index contributed by atoms with van der Waals surface area (Å²) in [5.41, 5.74) is 6.53. The molecule has 150 valence electrons. The van der Waals surface area contributed by atoms with Crippen LogP contribution in [-0.4, -0.2) is 32.3 Å². The lowest BCUT2D eigenvalue weighted by Gasteiger charge is -2.31. The molecule has 4 rings (SSSR count). The summed E-state index contributed by atoms with van der Waals surface area (Å²) in [6.45, 7) is -5.84. The molecular formula is C19H22Cl2FN5O. The molecule has 9 heteroatoms. The Morgan fingerprint density at radius 3 is 2.68 bits per heavy atom. The van der Waals surface area contributed by atoms with Gasteiger partial charge in [-0.2, -0.15) is 0 Å². The SMILES string of the molecule is Cl.Cl.[2H]C([2H])([2H])C([2H])([2H])Oc1ccc(-c2nnc(C3CC(N)C3)n2-c2ccccc2F)nc1. The zero-order chi connectivity index (χ0) is 22.4. The van der Waals surface area contributed by atoms with Gasteiger partial charge in [-0.1, -0.05) is 12.1 Å². The van der Waals surface area contributed by atoms with E-state index in [1.165, 1.54) is 24.4 Å². The number of hydrogen-bond acceptors (Lipinski definition) is 5. The zero-order valence-electron chi connectivity index (χ0n) is 19.6. The van der Waals surface area contributed by atoms with Crippen molar-refractivity contribution >= 4 is 24.8 Å². The van der Waals surface area contributed by atoms with E-state index in [1.54, 1.807) is 22.8 Å². The molecule has 0 radical (unpaired) electrons. The lowest BCUT2D eigenvalue weighted by Crippen LogP contribution is -2.36. The highest BCUT2D eigenvalue weighted by atomic mass is 35.5. The summed E-state index contributed by atoms with van der Waals surface area (Å²) in [5, 5.41) is 8.48. The third-order valence-corrected chi connectivity index (χ3v) is 4.46. The second-order valence-corrected chi connectivity index (χ2v) is 6.18. The Balaban J connectivity index is 0.00000193. The van der Waals surface area contributed by atoms with Gasteiger partial charge in [0.05, 0.1) is 21.2 Å². The van der Waals surface area contributed by atoms with E-state index in [-0.39, 0.29) is 48.2 Å². The van der Waals surface area contributed by atoms with Crippen molar-refractivity contribution in [2.75, 3.05) is 6.56 Å². The van der Waals surface area contributed by atoms with Crippen LogP contribution in [0, 0.1) is 5.82 Å². The van der Waals surface area contributed by atoms with Gasteiger partial charge < -0.3 is 10.5 Å². The molecule has 1 aliphatic carbocycles. The van der Waals surface area contributed by atoms with Crippen molar-refractivity contribution in [2.45, 2.75) is 31.7 Å². The minimum Gasteiger partial charge on any atom is -0.492 e. The van der Waals surface area contributed by atoms with Gasteiger partial charge in [0.2, 0.25) is 0 Å². The Bertz CT molecular complexity index is 1090. The molecule has 2 N–H and O–H groups in total. The number of nitrogens with zero attached hydrogens (tertiary/aromatic N) is 4. The normalized spacial score (nSPS) is 21.4. The van der Waals surface area contributed by atoms with Crippen molar-refractivity contribution in [3.8, 4) is 23.0 Å². The Morgan fingerprint density at radius 2 is 2.04 bits per heavy atom. The number of benzene rings is 1. The van der Waals surface area contributed by atoms with Crippen molar-refractivity contribution in [3.05, 3.63) is 54.2 Å². The van der Waals surface area contributed by atoms with E-state index in [9.17, 15) is 4.39 Å². The fourth-order valence-electron chi connectivity index (χ4n) is 3.10. The molecule has 0 bridgehead atoms. The van der Waals surface area contributed by atoms with Crippen molar-refractivity contribution in [1.82, 2.24) is 19.7 Å². The third-order valence-electron chi connectivity index (χ3n) is 4.46. The number of hydrogen-bond donors (Lipinski definition) is 1. The Morgan fingerprint density at radius 1 is 1.25 bits per heavy atom. The van der Waals surface area contributed by atoms with E-state index in [1.807, 2.05) is 0 Å². The van der Waals surface area contributed by atoms with Crippen LogP contribution in [0.5, 0.6) is 5.75 Å². The van der Waals surface area contributed by atoms with Gasteiger partial charge in [-0.05, 0) is 44.0 Å². The van der Waals surface area contributed by atoms with Crippen LogP contribution in [0.2, 0.25) is 0 Å². The molecule has 2 aromatic heterocycles. The maximum absolute atomic E-state index is 14.6. The molecule has 0 amide bonds. The standard InChI is InChI=1S/C19H20FN5O.2ClH/c1-2-26-14-7-8-16(22-11-14)19-24-23-18(12-9-13(21)10-12)25(19)17-6-4-3-5-15(17)20;;/h3-8,11-13H,2,9-10,21H2,1H3;2*1H/i1D3,2D2;;. The lowest BCUT2D eigenvalue weighted by molar-refractivity contribution is 0.334. The van der Waals surface area contributed by atoms with E-state index in [0.29, 0.717) is 17.3 Å². The van der Waals surface area contributed by atoms with Gasteiger partial charge in [0.15, 0.2) is 5.82 Å². The molecule has 0 atom stereocenters. The van der Waals surface area contributed by atoms with Crippen molar-refractivity contribution in [3.63, 3.8) is 0 Å². The maximum atomic E-state index is 14.6. The van der Waals surface area contributed by atoms with Gasteiger partial charge in [-0.15, -0.1) is 35.0 Å². The second-order valence-electron chi connectivity index (χ2n) is 6.18. The van der Waals surface area contributed by atoms with Gasteiger partial charge in [0.25, 0.3) is 0 Å². The molecule has 1 aliphatic rings. The van der Waals surface area contributed by atoms with Crippen LogP contribution >= 0.6 is 24.8 Å². The fourth-order valence-corrected chi connectivity index (χ4v) is 3.10. The Hall–Kier alpha value is -2.22. The van der Waals surface area contributed by atoms with Crippen LogP contribution in [0.15, 0.2) is 42.6 Å². The number of pyridine rings is 1. The molecule has 0 saturated heterocycles. The molecule has 1 fully saturated rings. The molecule has 1 aromatic carbocycles. The number of aromatic nitrogens is 4. The number of nitrogens with two attached hydrogens (primary N) is 1. The average Bonchev–Trinajstić information content (AvgIpc) is 3.09. The molecule has 0 spiro atoms. The van der Waals surface area contributed by atoms with Gasteiger partial charge in [0, 0.05) is 16.1 Å². The minimum absolute atomic E-state index is 0. The Labute approximate surface area is 182 Å². The summed E-state index contributed by atoms with van der Waals surface area (Å²) < 4.78 is 58.0. The minimum atomic E-state index is -2.96. The highest BCUT2D eigenvalue weighted by Crippen LogP contribution is 2.37. The van der Waals surface area contributed by atoms with Crippen LogP contribution in [-0.2, 0) is 0 Å². The third kappa shape index (κ3) is 4.11. The first kappa shape index (κ1) is 15.7. The van der Waals surface area contributed by atoms with E-state index in [2.05, 4.69) is 15.2 Å². The maximum Gasteiger partial charge on any atom is 0.187 e. The van der Waals surface area contributed by atoms with Crippen molar-refractivity contribution in [2.24, 2.45) is 5.73 Å². The summed E-state index contributed by atoms with van der Waals surface area (Å²) in [6, 6.07) is 9.20. The number of halogens is 3. The highest BCUT2D eigenvalue weighted by molar-refractivity contribution is 5.85. The van der Waals surface area contributed by atoms with Crippen molar-refractivity contribution in [1.29, 1.82) is 0 Å². The first-order valence-corrected chi connectivity index (χ1v) is 8.18. The summed E-state index contributed by atoms with van der Waals surface area (Å²) in [6.07, 6.45) is 2.63.